The molecule has 0 bridgehead atoms. The molecule has 0 spiro atoms. The maximum atomic E-state index is 12.5. The molecule has 7 heteroatoms. The van der Waals surface area contributed by atoms with E-state index in [9.17, 15) is 14.7 Å². The van der Waals surface area contributed by atoms with Crippen molar-refractivity contribution in [3.63, 3.8) is 0 Å². The Morgan fingerprint density at radius 3 is 2.56 bits per heavy atom. The molecule has 2 heterocycles. The number of rotatable bonds is 5. The minimum atomic E-state index is -1.11. The van der Waals surface area contributed by atoms with E-state index in [0.29, 0.717) is 16.9 Å². The summed E-state index contributed by atoms with van der Waals surface area (Å²) in [5, 5.41) is 12.2. The summed E-state index contributed by atoms with van der Waals surface area (Å²) in [6.45, 7) is 1.84. The minimum absolute atomic E-state index is 0.0445. The van der Waals surface area contributed by atoms with Gasteiger partial charge in [-0.1, -0.05) is 17.3 Å². The van der Waals surface area contributed by atoms with Gasteiger partial charge in [-0.3, -0.25) is 9.78 Å². The molecular weight excluding hydrogens is 364 g/mol. The molecule has 0 saturated heterocycles. The molecule has 0 unspecified atom stereocenters. The van der Waals surface area contributed by atoms with Gasteiger partial charge in [0.25, 0.3) is 5.91 Å². The summed E-state index contributed by atoms with van der Waals surface area (Å²) < 4.78 is 5.72. The Morgan fingerprint density at radius 2 is 1.96 bits per heavy atom. The van der Waals surface area contributed by atoms with Crippen LogP contribution >= 0.6 is 11.3 Å². The highest BCUT2D eigenvalue weighted by molar-refractivity contribution is 7.16. The SMILES string of the molecule is C#Cc1ccc(C(=O)Nc2cc(C(=O)O)sc2Oc2ccc(C)nc2)cc1. The van der Waals surface area contributed by atoms with Gasteiger partial charge < -0.3 is 15.2 Å². The number of anilines is 1. The van der Waals surface area contributed by atoms with E-state index >= 15 is 0 Å². The van der Waals surface area contributed by atoms with Crippen molar-refractivity contribution in [1.82, 2.24) is 4.98 Å². The molecule has 0 saturated carbocycles. The van der Waals surface area contributed by atoms with Crippen LogP contribution in [-0.2, 0) is 0 Å². The monoisotopic (exact) mass is 378 g/mol. The van der Waals surface area contributed by atoms with Crippen LogP contribution in [0.25, 0.3) is 0 Å². The Hall–Kier alpha value is -3.63. The molecule has 1 aromatic carbocycles. The number of aryl methyl sites for hydroxylation is 1. The minimum Gasteiger partial charge on any atom is -0.477 e. The lowest BCUT2D eigenvalue weighted by molar-refractivity contribution is 0.0701. The molecule has 0 aliphatic rings. The molecule has 3 aromatic rings. The Morgan fingerprint density at radius 1 is 1.22 bits per heavy atom. The van der Waals surface area contributed by atoms with Crippen LogP contribution in [0.4, 0.5) is 5.69 Å². The van der Waals surface area contributed by atoms with Gasteiger partial charge in [0.15, 0.2) is 0 Å². The van der Waals surface area contributed by atoms with Gasteiger partial charge >= 0.3 is 5.97 Å². The standard InChI is InChI=1S/C20H14N2O4S/c1-3-13-5-7-14(8-6-13)18(23)22-16-10-17(19(24)25)27-20(16)26-15-9-4-12(2)21-11-15/h1,4-11H,2H3,(H,22,23)(H,24,25). The van der Waals surface area contributed by atoms with Crippen LogP contribution in [0.5, 0.6) is 10.8 Å². The van der Waals surface area contributed by atoms with Crippen LogP contribution in [0.2, 0.25) is 0 Å². The van der Waals surface area contributed by atoms with E-state index < -0.39 is 11.9 Å². The van der Waals surface area contributed by atoms with E-state index in [1.165, 1.54) is 12.3 Å². The number of nitrogens with one attached hydrogen (secondary N) is 1. The van der Waals surface area contributed by atoms with Crippen molar-refractivity contribution in [2.75, 3.05) is 5.32 Å². The maximum Gasteiger partial charge on any atom is 0.346 e. The predicted octanol–water partition coefficient (Wildman–Crippen LogP) is 4.18. The summed E-state index contributed by atoms with van der Waals surface area (Å²) in [6.07, 6.45) is 6.83. The fourth-order valence-electron chi connectivity index (χ4n) is 2.18. The Kier molecular flexibility index (Phi) is 5.20. The number of terminal acetylenes is 1. The van der Waals surface area contributed by atoms with E-state index in [4.69, 9.17) is 11.2 Å². The Bertz CT molecular complexity index is 1030. The number of aromatic carboxylic acids is 1. The zero-order chi connectivity index (χ0) is 19.4. The first kappa shape index (κ1) is 18.2. The number of ether oxygens (including phenoxy) is 1. The van der Waals surface area contributed by atoms with Crippen LogP contribution in [0, 0.1) is 19.3 Å². The van der Waals surface area contributed by atoms with Gasteiger partial charge in [-0.2, -0.15) is 0 Å². The number of benzene rings is 1. The highest BCUT2D eigenvalue weighted by Gasteiger charge is 2.18. The van der Waals surface area contributed by atoms with Gasteiger partial charge in [0.05, 0.1) is 11.9 Å². The lowest BCUT2D eigenvalue weighted by atomic mass is 10.1. The number of thiophene rings is 1. The number of amides is 1. The van der Waals surface area contributed by atoms with E-state index in [0.717, 1.165) is 17.0 Å². The number of carboxylic acid groups (broad SMARTS) is 1. The number of nitrogens with zero attached hydrogens (tertiary/aromatic N) is 1. The molecule has 2 aromatic heterocycles. The number of carboxylic acids is 1. The molecule has 0 fully saturated rings. The molecule has 2 N–H and O–H groups in total. The summed E-state index contributed by atoms with van der Waals surface area (Å²) in [7, 11) is 0. The van der Waals surface area contributed by atoms with Crippen LogP contribution < -0.4 is 10.1 Å². The molecule has 1 amide bonds. The maximum absolute atomic E-state index is 12.5. The summed E-state index contributed by atoms with van der Waals surface area (Å²) in [5.41, 5.74) is 2.14. The zero-order valence-electron chi connectivity index (χ0n) is 14.2. The van der Waals surface area contributed by atoms with Gasteiger partial charge in [0, 0.05) is 16.8 Å². The average Bonchev–Trinajstić information content (AvgIpc) is 3.06. The lowest BCUT2D eigenvalue weighted by Crippen LogP contribution is -2.11. The summed E-state index contributed by atoms with van der Waals surface area (Å²) in [6, 6.07) is 11.3. The normalized spacial score (nSPS) is 10.1. The number of aromatic nitrogens is 1. The van der Waals surface area contributed by atoms with Crippen molar-refractivity contribution in [3.05, 3.63) is 70.4 Å². The first-order valence-corrected chi connectivity index (χ1v) is 8.63. The molecule has 134 valence electrons. The van der Waals surface area contributed by atoms with Gasteiger partial charge in [0.1, 0.15) is 10.6 Å². The second-order valence-electron chi connectivity index (χ2n) is 5.53. The Labute approximate surface area is 159 Å². The Balaban J connectivity index is 1.86. The van der Waals surface area contributed by atoms with Crippen molar-refractivity contribution in [3.8, 4) is 23.2 Å². The van der Waals surface area contributed by atoms with Crippen molar-refractivity contribution in [1.29, 1.82) is 0 Å². The molecular formula is C20H14N2O4S. The number of hydrogen-bond acceptors (Lipinski definition) is 5. The first-order chi connectivity index (χ1) is 13.0. The molecule has 27 heavy (non-hydrogen) atoms. The fourth-order valence-corrected chi connectivity index (χ4v) is 3.00. The number of carbonyl (C=O) groups is 2. The molecule has 0 atom stereocenters. The van der Waals surface area contributed by atoms with Crippen molar-refractivity contribution < 1.29 is 19.4 Å². The zero-order valence-corrected chi connectivity index (χ0v) is 15.0. The highest BCUT2D eigenvalue weighted by atomic mass is 32.1. The van der Waals surface area contributed by atoms with E-state index in [1.807, 2.05) is 6.92 Å². The largest absolute Gasteiger partial charge is 0.477 e. The molecule has 0 aliphatic heterocycles. The molecule has 3 rings (SSSR count). The second-order valence-corrected chi connectivity index (χ2v) is 6.54. The van der Waals surface area contributed by atoms with Crippen molar-refractivity contribution in [2.45, 2.75) is 6.92 Å². The lowest BCUT2D eigenvalue weighted by Gasteiger charge is -2.08. The van der Waals surface area contributed by atoms with Gasteiger partial charge in [-0.15, -0.1) is 6.42 Å². The van der Waals surface area contributed by atoms with Crippen LogP contribution in [0.3, 0.4) is 0 Å². The molecule has 0 radical (unpaired) electrons. The summed E-state index contributed by atoms with van der Waals surface area (Å²) >= 11 is 0.919. The van der Waals surface area contributed by atoms with Crippen LogP contribution in [-0.4, -0.2) is 22.0 Å². The highest BCUT2D eigenvalue weighted by Crippen LogP contribution is 2.38. The van der Waals surface area contributed by atoms with Gasteiger partial charge in [0.2, 0.25) is 5.06 Å². The third-order valence-electron chi connectivity index (χ3n) is 3.57. The van der Waals surface area contributed by atoms with Crippen LogP contribution in [0.1, 0.15) is 31.3 Å². The quantitative estimate of drug-likeness (QED) is 0.651. The third kappa shape index (κ3) is 4.32. The molecule has 0 aliphatic carbocycles. The first-order valence-electron chi connectivity index (χ1n) is 7.82. The van der Waals surface area contributed by atoms with E-state index in [2.05, 4.69) is 16.2 Å². The van der Waals surface area contributed by atoms with Crippen LogP contribution in [0.15, 0.2) is 48.7 Å². The number of carbonyl (C=O) groups excluding carboxylic acids is 1. The predicted molar refractivity (Wildman–Crippen MR) is 103 cm³/mol. The number of hydrogen-bond donors (Lipinski definition) is 2. The topological polar surface area (TPSA) is 88.5 Å². The molecule has 6 nitrogen and oxygen atoms in total. The summed E-state index contributed by atoms with van der Waals surface area (Å²) in [4.78, 5) is 27.9. The number of pyridine rings is 1. The fraction of sp³-hybridized carbons (Fsp3) is 0.0500. The van der Waals surface area contributed by atoms with Gasteiger partial charge in [-0.25, -0.2) is 4.79 Å². The van der Waals surface area contributed by atoms with Crippen molar-refractivity contribution in [2.24, 2.45) is 0 Å². The van der Waals surface area contributed by atoms with E-state index in [1.54, 1.807) is 36.4 Å². The second kappa shape index (κ2) is 7.72. The van der Waals surface area contributed by atoms with Crippen molar-refractivity contribution >= 4 is 28.9 Å². The summed E-state index contributed by atoms with van der Waals surface area (Å²) in [5.74, 6) is 1.41. The average molecular weight is 378 g/mol. The smallest absolute Gasteiger partial charge is 0.346 e. The third-order valence-corrected chi connectivity index (χ3v) is 4.57. The van der Waals surface area contributed by atoms with Gasteiger partial charge in [-0.05, 0) is 49.4 Å². The van der Waals surface area contributed by atoms with E-state index in [-0.39, 0.29) is 15.6 Å².